The number of halogens is 1. The smallest absolute Gasteiger partial charge is 0.274 e. The molecule has 0 saturated carbocycles. The lowest BCUT2D eigenvalue weighted by Gasteiger charge is -2.28. The Hall–Kier alpha value is -2.12. The molecule has 0 aromatic carbocycles. The molecule has 2 saturated heterocycles. The van der Waals surface area contributed by atoms with Crippen molar-refractivity contribution in [3.8, 4) is 0 Å². The van der Waals surface area contributed by atoms with Crippen molar-refractivity contribution in [3.05, 3.63) is 35.2 Å². The standard InChI is InChI=1S/C16H17ClN4O3/c1-19-12-6-21(4-10(15(19)22)8-24-9-12)16(23)13-7-20-5-11(17)2-3-14(20)18-13/h2-3,5,7,10,12H,4,6,8-9H2,1H3/t10-,12+/m1/s1. The van der Waals surface area contributed by atoms with E-state index in [1.165, 1.54) is 0 Å². The number of nitrogens with zero attached hydrogens (tertiary/aromatic N) is 4. The highest BCUT2D eigenvalue weighted by molar-refractivity contribution is 6.30. The van der Waals surface area contributed by atoms with E-state index in [2.05, 4.69) is 4.98 Å². The Morgan fingerprint density at radius 3 is 2.96 bits per heavy atom. The number of aromatic nitrogens is 2. The van der Waals surface area contributed by atoms with Crippen LogP contribution in [0.1, 0.15) is 10.5 Å². The average molecular weight is 349 g/mol. The van der Waals surface area contributed by atoms with E-state index in [0.717, 1.165) is 0 Å². The zero-order valence-electron chi connectivity index (χ0n) is 13.2. The Balaban J connectivity index is 1.64. The molecule has 2 bridgehead atoms. The molecule has 2 atom stereocenters. The highest BCUT2D eigenvalue weighted by Gasteiger charge is 2.39. The van der Waals surface area contributed by atoms with Crippen molar-refractivity contribution in [1.29, 1.82) is 0 Å². The van der Waals surface area contributed by atoms with E-state index in [4.69, 9.17) is 16.3 Å². The molecule has 0 aliphatic carbocycles. The molecular formula is C16H17ClN4O3. The molecule has 0 N–H and O–H groups in total. The van der Waals surface area contributed by atoms with Gasteiger partial charge in [0, 0.05) is 32.5 Å². The number of hydrogen-bond acceptors (Lipinski definition) is 4. The minimum Gasteiger partial charge on any atom is -0.378 e. The van der Waals surface area contributed by atoms with Crippen LogP contribution in [0.2, 0.25) is 5.02 Å². The number of ether oxygens (including phenoxy) is 1. The second-order valence-electron chi connectivity index (χ2n) is 6.29. The van der Waals surface area contributed by atoms with Crippen LogP contribution in [0, 0.1) is 5.92 Å². The third-order valence-corrected chi connectivity index (χ3v) is 4.89. The van der Waals surface area contributed by atoms with Crippen molar-refractivity contribution in [3.63, 3.8) is 0 Å². The third kappa shape index (κ3) is 2.53. The van der Waals surface area contributed by atoms with Gasteiger partial charge in [-0.15, -0.1) is 0 Å². The van der Waals surface area contributed by atoms with Gasteiger partial charge < -0.3 is 18.9 Å². The molecular weight excluding hydrogens is 332 g/mol. The predicted octanol–water partition coefficient (Wildman–Crippen LogP) is 0.917. The van der Waals surface area contributed by atoms with Gasteiger partial charge in [0.25, 0.3) is 5.91 Å². The number of imidazole rings is 1. The van der Waals surface area contributed by atoms with Crippen molar-refractivity contribution < 1.29 is 14.3 Å². The maximum absolute atomic E-state index is 12.9. The molecule has 7 nitrogen and oxygen atoms in total. The van der Waals surface area contributed by atoms with Crippen molar-refractivity contribution in [2.24, 2.45) is 5.92 Å². The summed E-state index contributed by atoms with van der Waals surface area (Å²) in [6.45, 7) is 1.60. The molecule has 0 unspecified atom stereocenters. The predicted molar refractivity (Wildman–Crippen MR) is 87.0 cm³/mol. The summed E-state index contributed by atoms with van der Waals surface area (Å²) in [5.74, 6) is -0.456. The van der Waals surface area contributed by atoms with E-state index >= 15 is 0 Å². The molecule has 2 fully saturated rings. The fourth-order valence-electron chi connectivity index (χ4n) is 3.29. The summed E-state index contributed by atoms with van der Waals surface area (Å²) in [6, 6.07) is 3.38. The molecule has 2 aromatic heterocycles. The molecule has 126 valence electrons. The normalized spacial score (nSPS) is 24.3. The number of carbonyl (C=O) groups excluding carboxylic acids is 2. The Labute approximate surface area is 143 Å². The number of pyridine rings is 1. The molecule has 4 heterocycles. The van der Waals surface area contributed by atoms with E-state index in [-0.39, 0.29) is 23.8 Å². The topological polar surface area (TPSA) is 67.2 Å². The second-order valence-corrected chi connectivity index (χ2v) is 6.72. The summed E-state index contributed by atoms with van der Waals surface area (Å²) < 4.78 is 7.29. The fraction of sp³-hybridized carbons (Fsp3) is 0.438. The third-order valence-electron chi connectivity index (χ3n) is 4.67. The number of fused-ring (bicyclic) bond motifs is 4. The van der Waals surface area contributed by atoms with E-state index < -0.39 is 0 Å². The molecule has 8 heteroatoms. The van der Waals surface area contributed by atoms with Gasteiger partial charge in [-0.2, -0.15) is 0 Å². The highest BCUT2D eigenvalue weighted by atomic mass is 35.5. The second kappa shape index (κ2) is 5.75. The molecule has 0 radical (unpaired) electrons. The Kier molecular flexibility index (Phi) is 3.69. The Morgan fingerprint density at radius 2 is 2.12 bits per heavy atom. The monoisotopic (exact) mass is 348 g/mol. The van der Waals surface area contributed by atoms with Gasteiger partial charge in [-0.05, 0) is 12.1 Å². The first kappa shape index (κ1) is 15.4. The molecule has 2 aliphatic heterocycles. The molecule has 4 rings (SSSR count). The highest BCUT2D eigenvalue weighted by Crippen LogP contribution is 2.21. The zero-order valence-corrected chi connectivity index (χ0v) is 13.9. The first-order valence-electron chi connectivity index (χ1n) is 7.81. The van der Waals surface area contributed by atoms with E-state index in [9.17, 15) is 9.59 Å². The SMILES string of the molecule is CN1C(=O)[C@H]2COC[C@@H]1CN(C(=O)c1cn3cc(Cl)ccc3n1)C2. The largest absolute Gasteiger partial charge is 0.378 e. The van der Waals surface area contributed by atoms with E-state index in [1.54, 1.807) is 45.8 Å². The minimum atomic E-state index is -0.321. The Bertz CT molecular complexity index is 821. The van der Waals surface area contributed by atoms with E-state index in [0.29, 0.717) is 42.7 Å². The summed E-state index contributed by atoms with van der Waals surface area (Å²) in [5, 5.41) is 0.576. The van der Waals surface area contributed by atoms with Crippen LogP contribution in [0.15, 0.2) is 24.5 Å². The summed E-state index contributed by atoms with van der Waals surface area (Å²) in [7, 11) is 1.77. The van der Waals surface area contributed by atoms with Crippen molar-refractivity contribution >= 4 is 29.1 Å². The number of amides is 2. The zero-order chi connectivity index (χ0) is 16.8. The lowest BCUT2D eigenvalue weighted by Crippen LogP contribution is -2.45. The van der Waals surface area contributed by atoms with E-state index in [1.807, 2.05) is 0 Å². The quantitative estimate of drug-likeness (QED) is 0.768. The number of hydrogen-bond donors (Lipinski definition) is 0. The van der Waals surface area contributed by atoms with Crippen LogP contribution in [-0.4, -0.2) is 70.4 Å². The van der Waals surface area contributed by atoms with Gasteiger partial charge in [0.1, 0.15) is 11.3 Å². The van der Waals surface area contributed by atoms with Crippen molar-refractivity contribution in [2.75, 3.05) is 33.4 Å². The van der Waals surface area contributed by atoms with Crippen molar-refractivity contribution in [2.45, 2.75) is 6.04 Å². The molecule has 2 aliphatic rings. The molecule has 0 spiro atoms. The number of likely N-dealkylation sites (N-methyl/N-ethyl adjacent to an activating group) is 1. The van der Waals surface area contributed by atoms with Crippen molar-refractivity contribution in [1.82, 2.24) is 19.2 Å². The molecule has 2 aromatic rings. The van der Waals surface area contributed by atoms with Crippen LogP contribution in [0.5, 0.6) is 0 Å². The molecule has 2 amide bonds. The number of rotatable bonds is 1. The Morgan fingerprint density at radius 1 is 1.29 bits per heavy atom. The summed E-state index contributed by atoms with van der Waals surface area (Å²) >= 11 is 5.97. The van der Waals surface area contributed by atoms with Crippen LogP contribution in [-0.2, 0) is 9.53 Å². The summed E-state index contributed by atoms with van der Waals surface area (Å²) in [5.41, 5.74) is 1.02. The van der Waals surface area contributed by atoms with Crippen LogP contribution in [0.3, 0.4) is 0 Å². The first-order valence-corrected chi connectivity index (χ1v) is 8.18. The van der Waals surface area contributed by atoms with Crippen LogP contribution in [0.25, 0.3) is 5.65 Å². The molecule has 24 heavy (non-hydrogen) atoms. The summed E-state index contributed by atoms with van der Waals surface area (Å²) in [4.78, 5) is 33.1. The van der Waals surface area contributed by atoms with Gasteiger partial charge in [0.05, 0.1) is 30.2 Å². The van der Waals surface area contributed by atoms with Gasteiger partial charge in [-0.1, -0.05) is 11.6 Å². The van der Waals surface area contributed by atoms with Gasteiger partial charge >= 0.3 is 0 Å². The maximum Gasteiger partial charge on any atom is 0.274 e. The van der Waals surface area contributed by atoms with Gasteiger partial charge in [0.15, 0.2) is 0 Å². The number of carbonyl (C=O) groups is 2. The maximum atomic E-state index is 12.9. The lowest BCUT2D eigenvalue weighted by molar-refractivity contribution is -0.133. The summed E-state index contributed by atoms with van der Waals surface area (Å²) in [6.07, 6.45) is 3.38. The van der Waals surface area contributed by atoms with Gasteiger partial charge in [0.2, 0.25) is 5.91 Å². The average Bonchev–Trinajstić information content (AvgIpc) is 2.86. The fourth-order valence-corrected chi connectivity index (χ4v) is 3.46. The van der Waals surface area contributed by atoms with Crippen LogP contribution >= 0.6 is 11.6 Å². The minimum absolute atomic E-state index is 0.0367. The first-order chi connectivity index (χ1) is 11.5. The van der Waals surface area contributed by atoms with Gasteiger partial charge in [-0.3, -0.25) is 9.59 Å². The lowest BCUT2D eigenvalue weighted by atomic mass is 10.1. The van der Waals surface area contributed by atoms with Crippen LogP contribution < -0.4 is 0 Å². The van der Waals surface area contributed by atoms with Crippen LogP contribution in [0.4, 0.5) is 0 Å². The van der Waals surface area contributed by atoms with Gasteiger partial charge in [-0.25, -0.2) is 4.98 Å².